The Morgan fingerprint density at radius 1 is 1.03 bits per heavy atom. The van der Waals surface area contributed by atoms with Gasteiger partial charge in [-0.25, -0.2) is 9.78 Å². The number of imidazole rings is 1. The molecule has 1 saturated carbocycles. The summed E-state index contributed by atoms with van der Waals surface area (Å²) < 4.78 is 17.9. The Morgan fingerprint density at radius 2 is 1.68 bits per heavy atom. The first-order valence-corrected chi connectivity index (χ1v) is 13.3. The summed E-state index contributed by atoms with van der Waals surface area (Å²) in [6, 6.07) is 14.7. The van der Waals surface area contributed by atoms with Gasteiger partial charge < -0.3 is 24.3 Å². The number of carbonyl (C=O) groups is 1. The predicted octanol–water partition coefficient (Wildman–Crippen LogP) is 5.69. The van der Waals surface area contributed by atoms with Gasteiger partial charge in [-0.3, -0.25) is 0 Å². The van der Waals surface area contributed by atoms with E-state index in [1.54, 1.807) is 0 Å². The summed E-state index contributed by atoms with van der Waals surface area (Å²) in [7, 11) is -0.370. The number of nitrogens with zero attached hydrogens (tertiary/aromatic N) is 1. The molecule has 1 amide bonds. The number of ether oxygens (including phenoxy) is 1. The number of nitrogens with one attached hydrogen (secondary N) is 2. The summed E-state index contributed by atoms with van der Waals surface area (Å²) in [6.07, 6.45) is 2.57. The van der Waals surface area contributed by atoms with Crippen molar-refractivity contribution in [3.05, 3.63) is 48.3 Å². The van der Waals surface area contributed by atoms with Gasteiger partial charge in [0.2, 0.25) is 0 Å². The van der Waals surface area contributed by atoms with Crippen molar-refractivity contribution in [1.29, 1.82) is 0 Å². The van der Waals surface area contributed by atoms with Gasteiger partial charge in [-0.05, 0) is 90.0 Å². The number of alkyl carbamates (subject to hydrolysis) is 1. The number of amides is 1. The Morgan fingerprint density at radius 3 is 2.32 bits per heavy atom. The Labute approximate surface area is 219 Å². The smallest absolute Gasteiger partial charge is 0.444 e. The number of rotatable bonds is 4. The van der Waals surface area contributed by atoms with Gasteiger partial charge >= 0.3 is 13.2 Å². The minimum Gasteiger partial charge on any atom is -0.444 e. The van der Waals surface area contributed by atoms with Gasteiger partial charge in [-0.1, -0.05) is 36.8 Å². The molecule has 2 N–H and O–H groups in total. The van der Waals surface area contributed by atoms with Gasteiger partial charge in [0.05, 0.1) is 22.2 Å². The van der Waals surface area contributed by atoms with Crippen molar-refractivity contribution >= 4 is 29.7 Å². The maximum Gasteiger partial charge on any atom is 0.494 e. The van der Waals surface area contributed by atoms with Crippen LogP contribution in [0.3, 0.4) is 0 Å². The van der Waals surface area contributed by atoms with E-state index in [0.29, 0.717) is 0 Å². The SMILES string of the molecule is CC(C)(C)OC(=O)N[C@H]1CCC[C@H]1c1nc2ccc(-c3ccc(B4OC(C)(C)C(C)(C)O4)cc3)cc2[nH]1. The molecule has 196 valence electrons. The van der Waals surface area contributed by atoms with E-state index in [2.05, 4.69) is 80.5 Å². The first-order valence-electron chi connectivity index (χ1n) is 13.3. The standard InChI is InChI=1S/C29H38BN3O4/c1-27(2,3)35-26(34)33-22-10-8-9-21(22)25-31-23-16-13-19(17-24(23)32-25)18-11-14-20(15-12-18)30-36-28(4,5)29(6,7)37-30/h11-17,21-22H,8-10H2,1-7H3,(H,31,32)(H,33,34)/t21-,22+/m1/s1. The lowest BCUT2D eigenvalue weighted by atomic mass is 9.78. The maximum atomic E-state index is 12.4. The lowest BCUT2D eigenvalue weighted by Crippen LogP contribution is -2.41. The molecule has 2 aliphatic rings. The Balaban J connectivity index is 1.32. The molecule has 0 radical (unpaired) electrons. The van der Waals surface area contributed by atoms with Crippen LogP contribution < -0.4 is 10.8 Å². The number of carbonyl (C=O) groups excluding carboxylic acids is 1. The molecule has 0 spiro atoms. The number of benzene rings is 2. The van der Waals surface area contributed by atoms with Crippen LogP contribution in [0.5, 0.6) is 0 Å². The van der Waals surface area contributed by atoms with Crippen molar-refractivity contribution in [2.24, 2.45) is 0 Å². The molecule has 2 heterocycles. The van der Waals surface area contributed by atoms with Gasteiger partial charge in [-0.2, -0.15) is 0 Å². The van der Waals surface area contributed by atoms with Crippen LogP contribution in [0.2, 0.25) is 0 Å². The highest BCUT2D eigenvalue weighted by atomic mass is 16.7. The molecule has 2 aromatic carbocycles. The number of H-pyrrole nitrogens is 1. The predicted molar refractivity (Wildman–Crippen MR) is 147 cm³/mol. The third-order valence-corrected chi connectivity index (χ3v) is 7.84. The largest absolute Gasteiger partial charge is 0.494 e. The van der Waals surface area contributed by atoms with E-state index in [9.17, 15) is 4.79 Å². The van der Waals surface area contributed by atoms with E-state index in [4.69, 9.17) is 19.0 Å². The second-order valence-electron chi connectivity index (χ2n) is 12.4. The zero-order valence-electron chi connectivity index (χ0n) is 23.0. The van der Waals surface area contributed by atoms with E-state index in [0.717, 1.165) is 52.7 Å². The lowest BCUT2D eigenvalue weighted by molar-refractivity contribution is 0.00578. The Bertz CT molecular complexity index is 1280. The molecule has 1 aromatic heterocycles. The average molecular weight is 503 g/mol. The second-order valence-corrected chi connectivity index (χ2v) is 12.4. The Hall–Kier alpha value is -2.84. The van der Waals surface area contributed by atoms with Crippen LogP contribution in [-0.4, -0.2) is 46.0 Å². The number of fused-ring (bicyclic) bond motifs is 1. The van der Waals surface area contributed by atoms with E-state index in [1.807, 2.05) is 20.8 Å². The summed E-state index contributed by atoms with van der Waals surface area (Å²) >= 11 is 0. The van der Waals surface area contributed by atoms with E-state index in [-0.39, 0.29) is 36.4 Å². The van der Waals surface area contributed by atoms with Crippen molar-refractivity contribution in [2.75, 3.05) is 0 Å². The van der Waals surface area contributed by atoms with Gasteiger partial charge in [0.15, 0.2) is 0 Å². The molecule has 1 saturated heterocycles. The van der Waals surface area contributed by atoms with E-state index in [1.165, 1.54) is 0 Å². The highest BCUT2D eigenvalue weighted by Gasteiger charge is 2.51. The summed E-state index contributed by atoms with van der Waals surface area (Å²) in [6.45, 7) is 13.9. The fourth-order valence-corrected chi connectivity index (χ4v) is 5.12. The molecular formula is C29H38BN3O4. The molecule has 2 atom stereocenters. The summed E-state index contributed by atoms with van der Waals surface area (Å²) in [5.41, 5.74) is 3.91. The van der Waals surface area contributed by atoms with Crippen LogP contribution in [0.1, 0.15) is 79.5 Å². The summed E-state index contributed by atoms with van der Waals surface area (Å²) in [4.78, 5) is 20.8. The zero-order chi connectivity index (χ0) is 26.6. The Kier molecular flexibility index (Phi) is 6.40. The minimum absolute atomic E-state index is 0.0115. The van der Waals surface area contributed by atoms with Crippen LogP contribution in [-0.2, 0) is 14.0 Å². The van der Waals surface area contributed by atoms with Crippen molar-refractivity contribution in [3.63, 3.8) is 0 Å². The van der Waals surface area contributed by atoms with Crippen LogP contribution in [0, 0.1) is 0 Å². The van der Waals surface area contributed by atoms with Gasteiger partial charge in [-0.15, -0.1) is 0 Å². The van der Waals surface area contributed by atoms with Gasteiger partial charge in [0.1, 0.15) is 11.4 Å². The number of aromatic amines is 1. The maximum absolute atomic E-state index is 12.4. The molecule has 7 nitrogen and oxygen atoms in total. The van der Waals surface area contributed by atoms with Crippen LogP contribution in [0.25, 0.3) is 22.2 Å². The second kappa shape index (κ2) is 9.17. The number of hydrogen-bond donors (Lipinski definition) is 2. The molecule has 0 unspecified atom stereocenters. The molecule has 8 heteroatoms. The molecule has 0 bridgehead atoms. The number of aromatic nitrogens is 2. The normalized spacial score (nSPS) is 22.9. The van der Waals surface area contributed by atoms with Crippen LogP contribution in [0.4, 0.5) is 4.79 Å². The van der Waals surface area contributed by atoms with Gasteiger partial charge in [0, 0.05) is 12.0 Å². The lowest BCUT2D eigenvalue weighted by Gasteiger charge is -2.32. The third kappa shape index (κ3) is 5.27. The fourth-order valence-electron chi connectivity index (χ4n) is 5.12. The van der Waals surface area contributed by atoms with Crippen molar-refractivity contribution < 1.29 is 18.8 Å². The molecule has 1 aliphatic heterocycles. The monoisotopic (exact) mass is 503 g/mol. The van der Waals surface area contributed by atoms with Crippen molar-refractivity contribution in [3.8, 4) is 11.1 Å². The molecule has 5 rings (SSSR count). The molecule has 1 aliphatic carbocycles. The zero-order valence-corrected chi connectivity index (χ0v) is 23.0. The molecule has 2 fully saturated rings. The van der Waals surface area contributed by atoms with Gasteiger partial charge in [0.25, 0.3) is 0 Å². The highest BCUT2D eigenvalue weighted by molar-refractivity contribution is 6.62. The first-order chi connectivity index (χ1) is 17.3. The van der Waals surface area contributed by atoms with E-state index < -0.39 is 5.60 Å². The highest BCUT2D eigenvalue weighted by Crippen LogP contribution is 2.37. The first kappa shape index (κ1) is 25.8. The van der Waals surface area contributed by atoms with Crippen molar-refractivity contribution in [2.45, 2.75) is 96.5 Å². The summed E-state index contributed by atoms with van der Waals surface area (Å²) in [5.74, 6) is 1.06. The third-order valence-electron chi connectivity index (χ3n) is 7.84. The quantitative estimate of drug-likeness (QED) is 0.447. The van der Waals surface area contributed by atoms with E-state index >= 15 is 0 Å². The van der Waals surface area contributed by atoms with Crippen LogP contribution in [0.15, 0.2) is 42.5 Å². The molecule has 37 heavy (non-hydrogen) atoms. The van der Waals surface area contributed by atoms with Crippen molar-refractivity contribution in [1.82, 2.24) is 15.3 Å². The van der Waals surface area contributed by atoms with Crippen LogP contribution >= 0.6 is 0 Å². The topological polar surface area (TPSA) is 85.5 Å². The fraction of sp³-hybridized carbons (Fsp3) is 0.517. The summed E-state index contributed by atoms with van der Waals surface area (Å²) in [5, 5.41) is 3.06. The molecular weight excluding hydrogens is 465 g/mol. The number of hydrogen-bond acceptors (Lipinski definition) is 5. The minimum atomic E-state index is -0.517. The average Bonchev–Trinajstić information content (AvgIpc) is 3.47. The molecule has 3 aromatic rings.